The Hall–Kier alpha value is -3.97. The quantitative estimate of drug-likeness (QED) is 0.223. The summed E-state index contributed by atoms with van der Waals surface area (Å²) < 4.78 is 0. The van der Waals surface area contributed by atoms with Gasteiger partial charge in [-0.1, -0.05) is 87.3 Å². The molecule has 218 valence electrons. The molecule has 2 aliphatic heterocycles. The maximum atomic E-state index is 2.60. The van der Waals surface area contributed by atoms with Crippen LogP contribution >= 0.6 is 0 Å². The molecule has 5 aromatic rings. The largest absolute Gasteiger partial charge is 0.313 e. The minimum atomic E-state index is 0.170. The van der Waals surface area contributed by atoms with Crippen LogP contribution in [-0.2, 0) is 0 Å². The summed E-state index contributed by atoms with van der Waals surface area (Å²) in [5.74, 6) is 0. The van der Waals surface area contributed by atoms with E-state index in [1.807, 2.05) is 0 Å². The van der Waals surface area contributed by atoms with Crippen molar-refractivity contribution in [2.75, 3.05) is 4.90 Å². The molecule has 0 fully saturated rings. The predicted octanol–water partition coefficient (Wildman–Crippen LogP) is 6.21. The Bertz CT molecular complexity index is 1850. The fourth-order valence-corrected chi connectivity index (χ4v) is 8.66. The zero-order valence-corrected chi connectivity index (χ0v) is 28.4. The zero-order valence-electron chi connectivity index (χ0n) is 28.4. The Morgan fingerprint density at radius 2 is 0.705 bits per heavy atom. The molecule has 0 atom stereocenters. The van der Waals surface area contributed by atoms with Crippen LogP contribution in [0.4, 0.5) is 17.1 Å². The average molecular weight is 571 g/mol. The summed E-state index contributed by atoms with van der Waals surface area (Å²) in [5.41, 5.74) is 28.2. The van der Waals surface area contributed by atoms with Crippen LogP contribution in [0.2, 0.25) is 0 Å². The highest BCUT2D eigenvalue weighted by Crippen LogP contribution is 2.38. The van der Waals surface area contributed by atoms with Gasteiger partial charge in [0.25, 0.3) is 0 Å². The smallest absolute Gasteiger partial charge is 0.247 e. The highest BCUT2D eigenvalue weighted by molar-refractivity contribution is 7.02. The molecular weight excluding hydrogens is 528 g/mol. The zero-order chi connectivity index (χ0) is 31.4. The van der Waals surface area contributed by atoms with Crippen LogP contribution in [0, 0.1) is 76.2 Å². The number of hydrogen-bond donors (Lipinski definition) is 0. The third-order valence-corrected chi connectivity index (χ3v) is 11.8. The number of anilines is 3. The molecule has 0 unspecified atom stereocenters. The normalized spacial score (nSPS) is 13.2. The van der Waals surface area contributed by atoms with Crippen LogP contribution < -0.4 is 37.7 Å². The summed E-state index contributed by atoms with van der Waals surface area (Å²) in [4.78, 5) is 2.60. The molecular formula is C41H43B2N. The number of nitrogens with zero attached hydrogens (tertiary/aromatic N) is 1. The number of fused-ring (bicyclic) bond motifs is 4. The lowest BCUT2D eigenvalue weighted by molar-refractivity contribution is 1.19. The summed E-state index contributed by atoms with van der Waals surface area (Å²) in [6.07, 6.45) is 0. The first-order chi connectivity index (χ1) is 21.0. The van der Waals surface area contributed by atoms with Crippen LogP contribution in [0.3, 0.4) is 0 Å². The van der Waals surface area contributed by atoms with Gasteiger partial charge in [0, 0.05) is 17.1 Å². The van der Waals surface area contributed by atoms with Crippen LogP contribution in [0.25, 0.3) is 0 Å². The number of hydrogen-bond acceptors (Lipinski definition) is 1. The summed E-state index contributed by atoms with van der Waals surface area (Å²) in [6.45, 7) is 25.9. The molecule has 0 amide bonds. The topological polar surface area (TPSA) is 3.24 Å². The van der Waals surface area contributed by atoms with Crippen molar-refractivity contribution in [2.24, 2.45) is 0 Å². The van der Waals surface area contributed by atoms with Gasteiger partial charge in [0.2, 0.25) is 13.4 Å². The van der Waals surface area contributed by atoms with E-state index in [2.05, 4.69) is 142 Å². The Labute approximate surface area is 265 Å². The molecule has 0 N–H and O–H groups in total. The van der Waals surface area contributed by atoms with E-state index in [1.54, 1.807) is 0 Å². The van der Waals surface area contributed by atoms with Crippen molar-refractivity contribution in [3.8, 4) is 0 Å². The van der Waals surface area contributed by atoms with E-state index in [0.29, 0.717) is 0 Å². The second-order valence-electron chi connectivity index (χ2n) is 13.7. The first-order valence-electron chi connectivity index (χ1n) is 16.2. The lowest BCUT2D eigenvalue weighted by Gasteiger charge is -2.45. The van der Waals surface area contributed by atoms with E-state index in [-0.39, 0.29) is 13.4 Å². The molecule has 0 aliphatic carbocycles. The van der Waals surface area contributed by atoms with Crippen LogP contribution in [0.15, 0.2) is 60.7 Å². The molecule has 1 nitrogen and oxygen atoms in total. The van der Waals surface area contributed by atoms with Crippen molar-refractivity contribution in [3.05, 3.63) is 122 Å². The molecule has 0 aromatic heterocycles. The third-order valence-electron chi connectivity index (χ3n) is 11.8. The van der Waals surface area contributed by atoms with Crippen LogP contribution in [-0.4, -0.2) is 13.4 Å². The van der Waals surface area contributed by atoms with Gasteiger partial charge in [-0.25, -0.2) is 0 Å². The molecule has 5 aromatic carbocycles. The minimum Gasteiger partial charge on any atom is -0.313 e. The lowest BCUT2D eigenvalue weighted by Crippen LogP contribution is -2.66. The second kappa shape index (κ2) is 10.0. The van der Waals surface area contributed by atoms with Crippen molar-refractivity contribution in [2.45, 2.75) is 76.2 Å². The molecule has 44 heavy (non-hydrogen) atoms. The average Bonchev–Trinajstić information content (AvgIpc) is 3.02. The molecule has 0 saturated carbocycles. The Balaban J connectivity index is 1.64. The molecule has 0 spiro atoms. The lowest BCUT2D eigenvalue weighted by atomic mass is 9.29. The Morgan fingerprint density at radius 1 is 0.386 bits per heavy atom. The fraction of sp³-hybridized carbons (Fsp3) is 0.268. The maximum absolute atomic E-state index is 2.60. The predicted molar refractivity (Wildman–Crippen MR) is 195 cm³/mol. The number of rotatable bonds is 2. The molecule has 0 radical (unpaired) electrons. The highest BCUT2D eigenvalue weighted by atomic mass is 15.2. The van der Waals surface area contributed by atoms with Gasteiger partial charge in [-0.2, -0.15) is 0 Å². The first-order valence-corrected chi connectivity index (χ1v) is 16.2. The van der Waals surface area contributed by atoms with Gasteiger partial charge in [-0.05, 0) is 144 Å². The molecule has 2 heterocycles. The maximum Gasteiger partial charge on any atom is 0.247 e. The molecule has 7 rings (SSSR count). The van der Waals surface area contributed by atoms with Gasteiger partial charge in [-0.3, -0.25) is 0 Å². The fourth-order valence-electron chi connectivity index (χ4n) is 8.66. The van der Waals surface area contributed by atoms with Gasteiger partial charge in [0.15, 0.2) is 0 Å². The minimum absolute atomic E-state index is 0.170. The SMILES string of the molecule is Cc1cc2c3c(c1)B(c1c(C)c(C)c(C)c(C)c1C)c1ccccc1N3c1ccccc1B2c1c(C)c(C)c(C)c(C)c1C. The number of benzene rings is 5. The monoisotopic (exact) mass is 571 g/mol. The highest BCUT2D eigenvalue weighted by Gasteiger charge is 2.45. The van der Waals surface area contributed by atoms with E-state index >= 15 is 0 Å². The molecule has 0 bridgehead atoms. The summed E-state index contributed by atoms with van der Waals surface area (Å²) >= 11 is 0. The summed E-state index contributed by atoms with van der Waals surface area (Å²) in [5, 5.41) is 0. The van der Waals surface area contributed by atoms with Crippen LogP contribution in [0.1, 0.15) is 61.2 Å². The van der Waals surface area contributed by atoms with E-state index in [0.717, 1.165) is 0 Å². The second-order valence-corrected chi connectivity index (χ2v) is 13.7. The molecule has 0 saturated heterocycles. The first kappa shape index (κ1) is 28.8. The van der Waals surface area contributed by atoms with Crippen molar-refractivity contribution in [1.29, 1.82) is 0 Å². The number of aryl methyl sites for hydroxylation is 1. The summed E-state index contributed by atoms with van der Waals surface area (Å²) in [6, 6.07) is 23.3. The van der Waals surface area contributed by atoms with Crippen molar-refractivity contribution in [1.82, 2.24) is 0 Å². The van der Waals surface area contributed by atoms with Crippen LogP contribution in [0.5, 0.6) is 0 Å². The molecule has 3 heteroatoms. The molecule has 2 aliphatic rings. The van der Waals surface area contributed by atoms with Gasteiger partial charge in [0.1, 0.15) is 0 Å². The van der Waals surface area contributed by atoms with Crippen molar-refractivity contribution >= 4 is 63.3 Å². The van der Waals surface area contributed by atoms with Gasteiger partial charge in [-0.15, -0.1) is 0 Å². The van der Waals surface area contributed by atoms with E-state index < -0.39 is 0 Å². The Morgan fingerprint density at radius 3 is 1.07 bits per heavy atom. The van der Waals surface area contributed by atoms with E-state index in [4.69, 9.17) is 0 Å². The Kier molecular flexibility index (Phi) is 6.56. The number of para-hydroxylation sites is 2. The standard InChI is InChI=1S/C41H43B2N/c1-22-20-35-41-36(21-22)43(40-31(10)27(6)24(3)28(7)32(40)11)34-17-13-15-19-38(34)44(41)37-18-14-12-16-33(37)42(35)39-29(8)25(4)23(2)26(5)30(39)9/h12-21H,1-11H3. The van der Waals surface area contributed by atoms with E-state index in [9.17, 15) is 0 Å². The van der Waals surface area contributed by atoms with Gasteiger partial charge >= 0.3 is 0 Å². The van der Waals surface area contributed by atoms with Gasteiger partial charge in [0.05, 0.1) is 0 Å². The third kappa shape index (κ3) is 3.74. The van der Waals surface area contributed by atoms with Gasteiger partial charge < -0.3 is 4.90 Å². The summed E-state index contributed by atoms with van der Waals surface area (Å²) in [7, 11) is 0. The van der Waals surface area contributed by atoms with E-state index in [1.165, 1.54) is 111 Å². The van der Waals surface area contributed by atoms with Crippen molar-refractivity contribution in [3.63, 3.8) is 0 Å². The van der Waals surface area contributed by atoms with Crippen molar-refractivity contribution < 1.29 is 0 Å².